The van der Waals surface area contributed by atoms with Crippen LogP contribution in [0.1, 0.15) is 16.2 Å². The van der Waals surface area contributed by atoms with E-state index in [0.717, 1.165) is 66.6 Å². The van der Waals surface area contributed by atoms with Gasteiger partial charge in [-0.3, -0.25) is 9.69 Å². The normalized spacial score (nSPS) is 14.9. The summed E-state index contributed by atoms with van der Waals surface area (Å²) in [7, 11) is 5.65. The van der Waals surface area contributed by atoms with Gasteiger partial charge in [0, 0.05) is 57.6 Å². The van der Waals surface area contributed by atoms with Crippen LogP contribution in [0, 0.1) is 0 Å². The Bertz CT molecular complexity index is 988. The summed E-state index contributed by atoms with van der Waals surface area (Å²) in [5, 5.41) is 0. The largest absolute Gasteiger partial charge is 0.497 e. The molecule has 0 radical (unpaired) electrons. The lowest BCUT2D eigenvalue weighted by Crippen LogP contribution is -2.48. The molecule has 29 heavy (non-hydrogen) atoms. The van der Waals surface area contributed by atoms with Gasteiger partial charge in [-0.05, 0) is 36.4 Å². The van der Waals surface area contributed by atoms with Crippen LogP contribution in [0.25, 0.3) is 11.0 Å². The van der Waals surface area contributed by atoms with Crippen molar-refractivity contribution in [2.24, 2.45) is 0 Å². The number of benzene rings is 2. The third-order valence-electron chi connectivity index (χ3n) is 5.40. The second-order valence-corrected chi connectivity index (χ2v) is 7.58. The standard InChI is InChI=1S/C22H27N5O2/c1-25(2)17-6-4-16(5-7-17)22(28)27-12-10-26(11-13-27)15-21-23-19-9-8-18(29-3)14-20(19)24-21/h4-9,14H,10-13,15H2,1-3H3,(H,23,24). The van der Waals surface area contributed by atoms with Crippen LogP contribution in [0.3, 0.4) is 0 Å². The molecule has 1 fully saturated rings. The molecule has 0 saturated carbocycles. The Kier molecular flexibility index (Phi) is 5.40. The van der Waals surface area contributed by atoms with Crippen molar-refractivity contribution in [3.05, 3.63) is 53.9 Å². The molecule has 2 heterocycles. The Morgan fingerprint density at radius 3 is 2.48 bits per heavy atom. The number of ether oxygens (including phenoxy) is 1. The quantitative estimate of drug-likeness (QED) is 0.722. The minimum atomic E-state index is 0.103. The van der Waals surface area contributed by atoms with E-state index in [4.69, 9.17) is 4.74 Å². The molecule has 7 heteroatoms. The van der Waals surface area contributed by atoms with E-state index >= 15 is 0 Å². The van der Waals surface area contributed by atoms with Crippen molar-refractivity contribution < 1.29 is 9.53 Å². The van der Waals surface area contributed by atoms with Gasteiger partial charge in [0.15, 0.2) is 0 Å². The zero-order valence-electron chi connectivity index (χ0n) is 17.2. The fourth-order valence-electron chi connectivity index (χ4n) is 3.65. The van der Waals surface area contributed by atoms with Gasteiger partial charge in [0.2, 0.25) is 0 Å². The predicted octanol–water partition coefficient (Wildman–Crippen LogP) is 2.60. The molecule has 7 nitrogen and oxygen atoms in total. The van der Waals surface area contributed by atoms with Crippen LogP contribution in [0.5, 0.6) is 5.75 Å². The fraction of sp³-hybridized carbons (Fsp3) is 0.364. The van der Waals surface area contributed by atoms with Gasteiger partial charge in [-0.1, -0.05) is 0 Å². The summed E-state index contributed by atoms with van der Waals surface area (Å²) in [4.78, 5) is 27.1. The lowest BCUT2D eigenvalue weighted by atomic mass is 10.1. The van der Waals surface area contributed by atoms with E-state index < -0.39 is 0 Å². The number of H-pyrrole nitrogens is 1. The number of piperazine rings is 1. The third-order valence-corrected chi connectivity index (χ3v) is 5.40. The van der Waals surface area contributed by atoms with E-state index in [1.54, 1.807) is 7.11 Å². The highest BCUT2D eigenvalue weighted by Crippen LogP contribution is 2.20. The van der Waals surface area contributed by atoms with Crippen LogP contribution in [-0.4, -0.2) is 73.1 Å². The third kappa shape index (κ3) is 4.19. The smallest absolute Gasteiger partial charge is 0.253 e. The summed E-state index contributed by atoms with van der Waals surface area (Å²) in [6.07, 6.45) is 0. The molecular formula is C22H27N5O2. The molecule has 4 rings (SSSR count). The topological polar surface area (TPSA) is 64.7 Å². The highest BCUT2D eigenvalue weighted by atomic mass is 16.5. The number of aromatic nitrogens is 2. The second kappa shape index (κ2) is 8.13. The van der Waals surface area contributed by atoms with Gasteiger partial charge in [0.1, 0.15) is 11.6 Å². The number of methoxy groups -OCH3 is 1. The molecule has 0 spiro atoms. The maximum Gasteiger partial charge on any atom is 0.253 e. The lowest BCUT2D eigenvalue weighted by Gasteiger charge is -2.34. The molecule has 0 atom stereocenters. The number of rotatable bonds is 5. The number of nitrogens with one attached hydrogen (secondary N) is 1. The number of amides is 1. The summed E-state index contributed by atoms with van der Waals surface area (Å²) in [5.41, 5.74) is 3.76. The van der Waals surface area contributed by atoms with Gasteiger partial charge >= 0.3 is 0 Å². The van der Waals surface area contributed by atoms with Gasteiger partial charge in [-0.2, -0.15) is 0 Å². The van der Waals surface area contributed by atoms with Gasteiger partial charge in [-0.15, -0.1) is 0 Å². The maximum absolute atomic E-state index is 12.8. The van der Waals surface area contributed by atoms with Crippen molar-refractivity contribution in [2.45, 2.75) is 6.54 Å². The number of carbonyl (C=O) groups excluding carboxylic acids is 1. The number of anilines is 1. The van der Waals surface area contributed by atoms with Crippen LogP contribution in [0.2, 0.25) is 0 Å². The maximum atomic E-state index is 12.8. The molecule has 1 N–H and O–H groups in total. The Balaban J connectivity index is 1.35. The summed E-state index contributed by atoms with van der Waals surface area (Å²) < 4.78 is 5.27. The number of fused-ring (bicyclic) bond motifs is 1. The highest BCUT2D eigenvalue weighted by molar-refractivity contribution is 5.94. The van der Waals surface area contributed by atoms with E-state index in [0.29, 0.717) is 0 Å². The van der Waals surface area contributed by atoms with Crippen molar-refractivity contribution in [3.8, 4) is 5.75 Å². The lowest BCUT2D eigenvalue weighted by molar-refractivity contribution is 0.0626. The first kappa shape index (κ1) is 19.3. The fourth-order valence-corrected chi connectivity index (χ4v) is 3.65. The van der Waals surface area contributed by atoms with E-state index in [-0.39, 0.29) is 5.91 Å². The van der Waals surface area contributed by atoms with Crippen LogP contribution in [0.4, 0.5) is 5.69 Å². The average Bonchev–Trinajstić information content (AvgIpc) is 3.15. The number of hydrogen-bond acceptors (Lipinski definition) is 5. The van der Waals surface area contributed by atoms with Crippen molar-refractivity contribution >= 4 is 22.6 Å². The van der Waals surface area contributed by atoms with Crippen LogP contribution >= 0.6 is 0 Å². The first-order valence-electron chi connectivity index (χ1n) is 9.85. The molecule has 1 saturated heterocycles. The van der Waals surface area contributed by atoms with Gasteiger partial charge in [-0.25, -0.2) is 4.98 Å². The predicted molar refractivity (Wildman–Crippen MR) is 115 cm³/mol. The van der Waals surface area contributed by atoms with Gasteiger partial charge in [0.25, 0.3) is 5.91 Å². The Morgan fingerprint density at radius 2 is 1.83 bits per heavy atom. The van der Waals surface area contributed by atoms with Gasteiger partial charge < -0.3 is 19.5 Å². The van der Waals surface area contributed by atoms with Crippen molar-refractivity contribution in [1.29, 1.82) is 0 Å². The molecule has 3 aromatic rings. The summed E-state index contributed by atoms with van der Waals surface area (Å²) in [6, 6.07) is 13.6. The minimum Gasteiger partial charge on any atom is -0.497 e. The van der Waals surface area contributed by atoms with Crippen molar-refractivity contribution in [2.75, 3.05) is 52.3 Å². The number of aromatic amines is 1. The van der Waals surface area contributed by atoms with Crippen molar-refractivity contribution in [3.63, 3.8) is 0 Å². The zero-order valence-corrected chi connectivity index (χ0v) is 17.2. The molecule has 1 aliphatic rings. The van der Waals surface area contributed by atoms with E-state index in [2.05, 4.69) is 14.9 Å². The Morgan fingerprint density at radius 1 is 1.10 bits per heavy atom. The Labute approximate surface area is 170 Å². The highest BCUT2D eigenvalue weighted by Gasteiger charge is 2.23. The molecule has 0 aliphatic carbocycles. The van der Waals surface area contributed by atoms with E-state index in [1.807, 2.05) is 66.4 Å². The number of nitrogens with zero attached hydrogens (tertiary/aromatic N) is 4. The Hall–Kier alpha value is -3.06. The number of imidazole rings is 1. The van der Waals surface area contributed by atoms with Crippen molar-refractivity contribution in [1.82, 2.24) is 19.8 Å². The summed E-state index contributed by atoms with van der Waals surface area (Å²) >= 11 is 0. The zero-order chi connectivity index (χ0) is 20.4. The molecule has 2 aromatic carbocycles. The molecular weight excluding hydrogens is 366 g/mol. The molecule has 0 unspecified atom stereocenters. The van der Waals surface area contributed by atoms with Crippen LogP contribution < -0.4 is 9.64 Å². The molecule has 152 valence electrons. The monoisotopic (exact) mass is 393 g/mol. The molecule has 0 bridgehead atoms. The number of carbonyl (C=O) groups is 1. The van der Waals surface area contributed by atoms with Crippen LogP contribution in [0.15, 0.2) is 42.5 Å². The minimum absolute atomic E-state index is 0.103. The van der Waals surface area contributed by atoms with Gasteiger partial charge in [0.05, 0.1) is 24.7 Å². The first-order valence-corrected chi connectivity index (χ1v) is 9.85. The summed E-state index contributed by atoms with van der Waals surface area (Å²) in [6.45, 7) is 3.87. The second-order valence-electron chi connectivity index (χ2n) is 7.58. The van der Waals surface area contributed by atoms with E-state index in [9.17, 15) is 4.79 Å². The molecule has 1 aliphatic heterocycles. The number of hydrogen-bond donors (Lipinski definition) is 1. The molecule has 1 aromatic heterocycles. The average molecular weight is 393 g/mol. The van der Waals surface area contributed by atoms with Crippen LogP contribution in [-0.2, 0) is 6.54 Å². The van der Waals surface area contributed by atoms with E-state index in [1.165, 1.54) is 0 Å². The SMILES string of the molecule is COc1ccc2nc(CN3CCN(C(=O)c4ccc(N(C)C)cc4)CC3)[nH]c2c1. The summed E-state index contributed by atoms with van der Waals surface area (Å²) in [5.74, 6) is 1.86. The first-order chi connectivity index (χ1) is 14.0. The molecule has 1 amide bonds.